The third-order valence-electron chi connectivity index (χ3n) is 3.13. The zero-order valence-corrected chi connectivity index (χ0v) is 11.7. The van der Waals surface area contributed by atoms with Gasteiger partial charge in [-0.3, -0.25) is 4.79 Å². The van der Waals surface area contributed by atoms with Crippen LogP contribution < -0.4 is 10.1 Å². The molecule has 0 saturated carbocycles. The molecule has 2 aromatic rings. The van der Waals surface area contributed by atoms with Gasteiger partial charge in [-0.2, -0.15) is 5.26 Å². The SMILES string of the molecule is COc1ccccc1C[C@H](C#N)C(=O)Nc1ccccc1. The van der Waals surface area contributed by atoms with Gasteiger partial charge in [0.25, 0.3) is 0 Å². The van der Waals surface area contributed by atoms with Crippen LogP contribution in [0.5, 0.6) is 5.75 Å². The van der Waals surface area contributed by atoms with Gasteiger partial charge in [-0.05, 0) is 23.8 Å². The number of benzene rings is 2. The third kappa shape index (κ3) is 3.83. The second-order valence-electron chi connectivity index (χ2n) is 4.55. The summed E-state index contributed by atoms with van der Waals surface area (Å²) in [7, 11) is 1.57. The molecular formula is C17H16N2O2. The highest BCUT2D eigenvalue weighted by Crippen LogP contribution is 2.21. The summed E-state index contributed by atoms with van der Waals surface area (Å²) in [5, 5.41) is 12.0. The van der Waals surface area contributed by atoms with Crippen LogP contribution in [0.4, 0.5) is 5.69 Å². The number of anilines is 1. The summed E-state index contributed by atoms with van der Waals surface area (Å²) in [6, 6.07) is 18.6. The molecule has 0 radical (unpaired) electrons. The molecule has 0 aromatic heterocycles. The van der Waals surface area contributed by atoms with Gasteiger partial charge in [-0.15, -0.1) is 0 Å². The number of hydrogen-bond acceptors (Lipinski definition) is 3. The van der Waals surface area contributed by atoms with Crippen molar-refractivity contribution in [3.05, 3.63) is 60.2 Å². The molecular weight excluding hydrogens is 264 g/mol. The first-order valence-electron chi connectivity index (χ1n) is 6.62. The molecule has 1 N–H and O–H groups in total. The minimum atomic E-state index is -0.762. The van der Waals surface area contributed by atoms with E-state index in [1.165, 1.54) is 0 Å². The summed E-state index contributed by atoms with van der Waals surface area (Å²) in [4.78, 5) is 12.2. The molecule has 0 saturated heterocycles. The first kappa shape index (κ1) is 14.6. The Bertz CT molecular complexity index is 647. The van der Waals surface area contributed by atoms with Crippen molar-refractivity contribution in [3.63, 3.8) is 0 Å². The van der Waals surface area contributed by atoms with Crippen LogP contribution in [0.25, 0.3) is 0 Å². The van der Waals surface area contributed by atoms with Gasteiger partial charge in [0.2, 0.25) is 5.91 Å². The van der Waals surface area contributed by atoms with Crippen molar-refractivity contribution in [3.8, 4) is 11.8 Å². The van der Waals surface area contributed by atoms with E-state index in [2.05, 4.69) is 11.4 Å². The van der Waals surface area contributed by atoms with Crippen molar-refractivity contribution < 1.29 is 9.53 Å². The minimum Gasteiger partial charge on any atom is -0.496 e. The molecule has 0 aliphatic rings. The monoisotopic (exact) mass is 280 g/mol. The van der Waals surface area contributed by atoms with Gasteiger partial charge >= 0.3 is 0 Å². The van der Waals surface area contributed by atoms with E-state index in [4.69, 9.17) is 4.74 Å². The fourth-order valence-electron chi connectivity index (χ4n) is 2.04. The second kappa shape index (κ2) is 7.11. The molecule has 21 heavy (non-hydrogen) atoms. The highest BCUT2D eigenvalue weighted by molar-refractivity contribution is 5.94. The molecule has 106 valence electrons. The normalized spacial score (nSPS) is 11.2. The smallest absolute Gasteiger partial charge is 0.242 e. The van der Waals surface area contributed by atoms with Crippen LogP contribution in [0, 0.1) is 17.2 Å². The second-order valence-corrected chi connectivity index (χ2v) is 4.55. The van der Waals surface area contributed by atoms with Gasteiger partial charge in [0.1, 0.15) is 11.7 Å². The highest BCUT2D eigenvalue weighted by Gasteiger charge is 2.20. The molecule has 0 bridgehead atoms. The van der Waals surface area contributed by atoms with Gasteiger partial charge in [-0.25, -0.2) is 0 Å². The number of ether oxygens (including phenoxy) is 1. The van der Waals surface area contributed by atoms with Gasteiger partial charge in [0.05, 0.1) is 13.2 Å². The van der Waals surface area contributed by atoms with E-state index in [-0.39, 0.29) is 5.91 Å². The lowest BCUT2D eigenvalue weighted by molar-refractivity contribution is -0.118. The Morgan fingerprint density at radius 2 is 1.86 bits per heavy atom. The maximum Gasteiger partial charge on any atom is 0.242 e. The summed E-state index contributed by atoms with van der Waals surface area (Å²) in [5.74, 6) is -0.388. The maximum atomic E-state index is 12.2. The van der Waals surface area contributed by atoms with Crippen LogP contribution in [0.2, 0.25) is 0 Å². The number of nitrogens with one attached hydrogen (secondary N) is 1. The highest BCUT2D eigenvalue weighted by atomic mass is 16.5. The number of rotatable bonds is 5. The summed E-state index contributed by atoms with van der Waals surface area (Å²) in [6.45, 7) is 0. The molecule has 1 amide bonds. The molecule has 0 aliphatic heterocycles. The number of nitriles is 1. The fourth-order valence-corrected chi connectivity index (χ4v) is 2.04. The van der Waals surface area contributed by atoms with Crippen LogP contribution in [-0.4, -0.2) is 13.0 Å². The van der Waals surface area contributed by atoms with Crippen LogP contribution in [0.1, 0.15) is 5.56 Å². The van der Waals surface area contributed by atoms with Crippen molar-refractivity contribution in [2.45, 2.75) is 6.42 Å². The molecule has 2 rings (SSSR count). The standard InChI is InChI=1S/C17H16N2O2/c1-21-16-10-6-5-7-13(16)11-14(12-18)17(20)19-15-8-3-2-4-9-15/h2-10,14H,11H2,1H3,(H,19,20)/t14-/m1/s1. The number of amides is 1. The zero-order valence-electron chi connectivity index (χ0n) is 11.7. The van der Waals surface area contributed by atoms with Gasteiger partial charge in [0, 0.05) is 12.1 Å². The van der Waals surface area contributed by atoms with Gasteiger partial charge in [0.15, 0.2) is 0 Å². The van der Waals surface area contributed by atoms with E-state index in [1.54, 1.807) is 19.2 Å². The first-order chi connectivity index (χ1) is 10.2. The van der Waals surface area contributed by atoms with Crippen LogP contribution >= 0.6 is 0 Å². The zero-order chi connectivity index (χ0) is 15.1. The minimum absolute atomic E-state index is 0.311. The van der Waals surface area contributed by atoms with Crippen molar-refractivity contribution in [2.24, 2.45) is 5.92 Å². The third-order valence-corrected chi connectivity index (χ3v) is 3.13. The van der Waals surface area contributed by atoms with Gasteiger partial charge < -0.3 is 10.1 Å². The Balaban J connectivity index is 2.09. The number of carbonyl (C=O) groups excluding carboxylic acids is 1. The lowest BCUT2D eigenvalue weighted by Gasteiger charge is -2.12. The van der Waals surface area contributed by atoms with Crippen molar-refractivity contribution in [1.82, 2.24) is 0 Å². The quantitative estimate of drug-likeness (QED) is 0.915. The molecule has 0 aliphatic carbocycles. The van der Waals surface area contributed by atoms with Crippen molar-refractivity contribution >= 4 is 11.6 Å². The molecule has 0 spiro atoms. The Kier molecular flexibility index (Phi) is 4.94. The summed E-state index contributed by atoms with van der Waals surface area (Å²) in [5.41, 5.74) is 1.53. The van der Waals surface area contributed by atoms with E-state index in [0.29, 0.717) is 17.9 Å². The summed E-state index contributed by atoms with van der Waals surface area (Å²) in [6.07, 6.45) is 0.319. The molecule has 0 fully saturated rings. The fraction of sp³-hybridized carbons (Fsp3) is 0.176. The first-order valence-corrected chi connectivity index (χ1v) is 6.62. The molecule has 0 unspecified atom stereocenters. The van der Waals surface area contributed by atoms with Crippen LogP contribution in [0.3, 0.4) is 0 Å². The lowest BCUT2D eigenvalue weighted by atomic mass is 9.99. The van der Waals surface area contributed by atoms with Crippen molar-refractivity contribution in [2.75, 3.05) is 12.4 Å². The predicted octanol–water partition coefficient (Wildman–Crippen LogP) is 3.02. The van der Waals surface area contributed by atoms with E-state index in [9.17, 15) is 10.1 Å². The number of carbonyl (C=O) groups is 1. The summed E-state index contributed by atoms with van der Waals surface area (Å²) >= 11 is 0. The Morgan fingerprint density at radius 1 is 1.19 bits per heavy atom. The summed E-state index contributed by atoms with van der Waals surface area (Å²) < 4.78 is 5.25. The Labute approximate surface area is 124 Å². The topological polar surface area (TPSA) is 62.1 Å². The number of para-hydroxylation sites is 2. The molecule has 2 aromatic carbocycles. The number of methoxy groups -OCH3 is 1. The van der Waals surface area contributed by atoms with Crippen LogP contribution in [0.15, 0.2) is 54.6 Å². The van der Waals surface area contributed by atoms with Crippen molar-refractivity contribution in [1.29, 1.82) is 5.26 Å². The van der Waals surface area contributed by atoms with E-state index in [0.717, 1.165) is 5.56 Å². The lowest BCUT2D eigenvalue weighted by Crippen LogP contribution is -2.23. The van der Waals surface area contributed by atoms with Gasteiger partial charge in [-0.1, -0.05) is 36.4 Å². The molecule has 4 heteroatoms. The molecule has 4 nitrogen and oxygen atoms in total. The number of hydrogen-bond donors (Lipinski definition) is 1. The average molecular weight is 280 g/mol. The number of nitrogens with zero attached hydrogens (tertiary/aromatic N) is 1. The molecule has 1 atom stereocenters. The Morgan fingerprint density at radius 3 is 2.52 bits per heavy atom. The average Bonchev–Trinajstić information content (AvgIpc) is 2.53. The largest absolute Gasteiger partial charge is 0.496 e. The van der Waals surface area contributed by atoms with E-state index < -0.39 is 5.92 Å². The predicted molar refractivity (Wildman–Crippen MR) is 80.9 cm³/mol. The molecule has 0 heterocycles. The maximum absolute atomic E-state index is 12.2. The van der Waals surface area contributed by atoms with E-state index >= 15 is 0 Å². The van der Waals surface area contributed by atoms with E-state index in [1.807, 2.05) is 42.5 Å². The van der Waals surface area contributed by atoms with Crippen LogP contribution in [-0.2, 0) is 11.2 Å². The Hall–Kier alpha value is -2.80.